The molecule has 98 valence electrons. The van der Waals surface area contributed by atoms with Gasteiger partial charge >= 0.3 is 5.97 Å². The lowest BCUT2D eigenvalue weighted by Gasteiger charge is -2.07. The molecule has 0 atom stereocenters. The second-order valence-electron chi connectivity index (χ2n) is 3.97. The number of hydrogen-bond acceptors (Lipinski definition) is 4. The summed E-state index contributed by atoms with van der Waals surface area (Å²) in [5.41, 5.74) is 1.33. The van der Waals surface area contributed by atoms with Crippen molar-refractivity contribution in [3.63, 3.8) is 0 Å². The standard InChI is InChI=1S/C15H15NO3/c1-3-18-14-10-12(8-9-16-14)15(17)19-13-7-5-4-6-11(13)2/h4-10H,3H2,1-2H3. The number of para-hydroxylation sites is 1. The van der Waals surface area contributed by atoms with E-state index in [0.717, 1.165) is 5.56 Å². The van der Waals surface area contributed by atoms with Gasteiger partial charge in [0.05, 0.1) is 12.2 Å². The Bertz CT molecular complexity index is 581. The van der Waals surface area contributed by atoms with Crippen LogP contribution in [0.5, 0.6) is 11.6 Å². The van der Waals surface area contributed by atoms with Crippen LogP contribution in [0.3, 0.4) is 0 Å². The third kappa shape index (κ3) is 3.31. The number of nitrogens with zero attached hydrogens (tertiary/aromatic N) is 1. The molecule has 1 aromatic heterocycles. The summed E-state index contributed by atoms with van der Waals surface area (Å²) in [6, 6.07) is 10.5. The van der Waals surface area contributed by atoms with Crippen LogP contribution in [0, 0.1) is 6.92 Å². The summed E-state index contributed by atoms with van der Waals surface area (Å²) in [6.45, 7) is 4.25. The lowest BCUT2D eigenvalue weighted by molar-refractivity contribution is 0.0733. The van der Waals surface area contributed by atoms with E-state index >= 15 is 0 Å². The van der Waals surface area contributed by atoms with Crippen molar-refractivity contribution >= 4 is 5.97 Å². The Morgan fingerprint density at radius 2 is 2.05 bits per heavy atom. The van der Waals surface area contributed by atoms with Gasteiger partial charge in [0, 0.05) is 12.3 Å². The predicted octanol–water partition coefficient (Wildman–Crippen LogP) is 3.01. The van der Waals surface area contributed by atoms with E-state index in [1.165, 1.54) is 6.20 Å². The van der Waals surface area contributed by atoms with Gasteiger partial charge in [0.25, 0.3) is 0 Å². The van der Waals surface area contributed by atoms with Gasteiger partial charge in [-0.15, -0.1) is 0 Å². The predicted molar refractivity (Wildman–Crippen MR) is 71.5 cm³/mol. The molecule has 19 heavy (non-hydrogen) atoms. The molecule has 0 fully saturated rings. The van der Waals surface area contributed by atoms with E-state index in [9.17, 15) is 4.79 Å². The maximum absolute atomic E-state index is 12.0. The first-order chi connectivity index (χ1) is 9.20. The highest BCUT2D eigenvalue weighted by molar-refractivity contribution is 5.91. The van der Waals surface area contributed by atoms with E-state index in [2.05, 4.69) is 4.98 Å². The number of pyridine rings is 1. The molecule has 4 nitrogen and oxygen atoms in total. The minimum atomic E-state index is -0.419. The molecule has 0 saturated heterocycles. The number of esters is 1. The maximum atomic E-state index is 12.0. The zero-order valence-corrected chi connectivity index (χ0v) is 10.9. The van der Waals surface area contributed by atoms with Gasteiger partial charge < -0.3 is 9.47 Å². The molecule has 1 aromatic carbocycles. The molecule has 4 heteroatoms. The van der Waals surface area contributed by atoms with Gasteiger partial charge in [-0.1, -0.05) is 18.2 Å². The van der Waals surface area contributed by atoms with Gasteiger partial charge in [0.1, 0.15) is 5.75 Å². The summed E-state index contributed by atoms with van der Waals surface area (Å²) in [5, 5.41) is 0. The van der Waals surface area contributed by atoms with Crippen molar-refractivity contribution in [1.29, 1.82) is 0 Å². The number of rotatable bonds is 4. The molecule has 2 rings (SSSR count). The Labute approximate surface area is 112 Å². The first-order valence-electron chi connectivity index (χ1n) is 6.07. The van der Waals surface area contributed by atoms with Crippen LogP contribution >= 0.6 is 0 Å². The molecular formula is C15H15NO3. The normalized spacial score (nSPS) is 10.0. The van der Waals surface area contributed by atoms with Gasteiger partial charge in [-0.3, -0.25) is 0 Å². The summed E-state index contributed by atoms with van der Waals surface area (Å²) < 4.78 is 10.6. The van der Waals surface area contributed by atoms with Crippen LogP contribution in [0.2, 0.25) is 0 Å². The number of benzene rings is 1. The van der Waals surface area contributed by atoms with Crippen LogP contribution in [0.1, 0.15) is 22.8 Å². The molecule has 2 aromatic rings. The second-order valence-corrected chi connectivity index (χ2v) is 3.97. The van der Waals surface area contributed by atoms with Gasteiger partial charge in [-0.05, 0) is 31.5 Å². The topological polar surface area (TPSA) is 48.4 Å². The van der Waals surface area contributed by atoms with E-state index in [1.54, 1.807) is 18.2 Å². The Morgan fingerprint density at radius 3 is 2.79 bits per heavy atom. The van der Waals surface area contributed by atoms with Gasteiger partial charge in [-0.2, -0.15) is 0 Å². The van der Waals surface area contributed by atoms with Crippen molar-refractivity contribution in [2.24, 2.45) is 0 Å². The highest BCUT2D eigenvalue weighted by Gasteiger charge is 2.11. The monoisotopic (exact) mass is 257 g/mol. The SMILES string of the molecule is CCOc1cc(C(=O)Oc2ccccc2C)ccn1. The van der Waals surface area contributed by atoms with Crippen LogP contribution in [-0.2, 0) is 0 Å². The van der Waals surface area contributed by atoms with Gasteiger partial charge in [0.15, 0.2) is 0 Å². The first-order valence-corrected chi connectivity index (χ1v) is 6.07. The Morgan fingerprint density at radius 1 is 1.26 bits per heavy atom. The van der Waals surface area contributed by atoms with Crippen molar-refractivity contribution in [1.82, 2.24) is 4.98 Å². The number of hydrogen-bond donors (Lipinski definition) is 0. The number of aryl methyl sites for hydroxylation is 1. The quantitative estimate of drug-likeness (QED) is 0.624. The van der Waals surface area contributed by atoms with Crippen LogP contribution in [0.4, 0.5) is 0 Å². The second kappa shape index (κ2) is 6.00. The molecule has 0 amide bonds. The van der Waals surface area contributed by atoms with Crippen molar-refractivity contribution in [2.45, 2.75) is 13.8 Å². The Kier molecular flexibility index (Phi) is 4.13. The first kappa shape index (κ1) is 13.1. The van der Waals surface area contributed by atoms with E-state index < -0.39 is 5.97 Å². The molecule has 0 aliphatic heterocycles. The molecule has 0 aliphatic carbocycles. The number of ether oxygens (including phenoxy) is 2. The summed E-state index contributed by atoms with van der Waals surface area (Å²) in [4.78, 5) is 16.0. The molecule has 0 saturated carbocycles. The fourth-order valence-corrected chi connectivity index (χ4v) is 1.59. The molecule has 1 heterocycles. The van der Waals surface area contributed by atoms with Crippen LogP contribution in [-0.4, -0.2) is 17.6 Å². The average molecular weight is 257 g/mol. The zero-order valence-electron chi connectivity index (χ0n) is 10.9. The molecule has 0 aliphatic rings. The van der Waals surface area contributed by atoms with Crippen molar-refractivity contribution in [3.8, 4) is 11.6 Å². The molecule has 0 unspecified atom stereocenters. The minimum absolute atomic E-state index is 0.418. The summed E-state index contributed by atoms with van der Waals surface area (Å²) in [7, 11) is 0. The molecule has 0 radical (unpaired) electrons. The van der Waals surface area contributed by atoms with Gasteiger partial charge in [0.2, 0.25) is 5.88 Å². The number of carbonyl (C=O) groups is 1. The van der Waals surface area contributed by atoms with E-state index in [0.29, 0.717) is 23.8 Å². The zero-order chi connectivity index (χ0) is 13.7. The smallest absolute Gasteiger partial charge is 0.343 e. The van der Waals surface area contributed by atoms with E-state index in [1.807, 2.05) is 32.0 Å². The third-order valence-corrected chi connectivity index (χ3v) is 2.56. The average Bonchev–Trinajstić information content (AvgIpc) is 2.42. The number of carbonyl (C=O) groups excluding carboxylic acids is 1. The Hall–Kier alpha value is -2.36. The van der Waals surface area contributed by atoms with Crippen molar-refractivity contribution in [3.05, 3.63) is 53.7 Å². The molecule has 0 spiro atoms. The Balaban J connectivity index is 2.16. The van der Waals surface area contributed by atoms with Crippen LogP contribution < -0.4 is 9.47 Å². The van der Waals surface area contributed by atoms with Crippen LogP contribution in [0.15, 0.2) is 42.6 Å². The van der Waals surface area contributed by atoms with Crippen molar-refractivity contribution < 1.29 is 14.3 Å². The van der Waals surface area contributed by atoms with Crippen molar-refractivity contribution in [2.75, 3.05) is 6.61 Å². The van der Waals surface area contributed by atoms with E-state index in [4.69, 9.17) is 9.47 Å². The molecule has 0 N–H and O–H groups in total. The number of aromatic nitrogens is 1. The fourth-order valence-electron chi connectivity index (χ4n) is 1.59. The molecular weight excluding hydrogens is 242 g/mol. The largest absolute Gasteiger partial charge is 0.478 e. The highest BCUT2D eigenvalue weighted by atomic mass is 16.5. The maximum Gasteiger partial charge on any atom is 0.343 e. The van der Waals surface area contributed by atoms with Gasteiger partial charge in [-0.25, -0.2) is 9.78 Å². The molecule has 0 bridgehead atoms. The lowest BCUT2D eigenvalue weighted by atomic mass is 10.2. The third-order valence-electron chi connectivity index (χ3n) is 2.56. The summed E-state index contributed by atoms with van der Waals surface area (Å²) >= 11 is 0. The fraction of sp³-hybridized carbons (Fsp3) is 0.200. The summed E-state index contributed by atoms with van der Waals surface area (Å²) in [6.07, 6.45) is 1.53. The van der Waals surface area contributed by atoms with Crippen LogP contribution in [0.25, 0.3) is 0 Å². The van der Waals surface area contributed by atoms with E-state index in [-0.39, 0.29) is 0 Å². The lowest BCUT2D eigenvalue weighted by Crippen LogP contribution is -2.10. The minimum Gasteiger partial charge on any atom is -0.478 e. The highest BCUT2D eigenvalue weighted by Crippen LogP contribution is 2.18. The summed E-state index contributed by atoms with van der Waals surface area (Å²) in [5.74, 6) is 0.557.